The Kier molecular flexibility index (Phi) is 6.36. The number of rotatable bonds is 6. The van der Waals surface area contributed by atoms with Gasteiger partial charge >= 0.3 is 6.03 Å². The van der Waals surface area contributed by atoms with Gasteiger partial charge in [-0.1, -0.05) is 67.1 Å². The fourth-order valence-electron chi connectivity index (χ4n) is 3.62. The van der Waals surface area contributed by atoms with Crippen LogP contribution in [0, 0.1) is 6.92 Å². The summed E-state index contributed by atoms with van der Waals surface area (Å²) >= 11 is 0. The summed E-state index contributed by atoms with van der Waals surface area (Å²) in [6, 6.07) is 21.5. The van der Waals surface area contributed by atoms with Crippen LogP contribution < -0.4 is 15.0 Å². The Bertz CT molecular complexity index is 1240. The zero-order chi connectivity index (χ0) is 23.4. The van der Waals surface area contributed by atoms with Crippen LogP contribution in [0.3, 0.4) is 0 Å². The van der Waals surface area contributed by atoms with Crippen molar-refractivity contribution in [2.24, 2.45) is 0 Å². The van der Waals surface area contributed by atoms with Crippen molar-refractivity contribution in [1.29, 1.82) is 0 Å². The van der Waals surface area contributed by atoms with Crippen LogP contribution in [0.25, 0.3) is 6.08 Å². The minimum absolute atomic E-state index is 0.138. The number of nitrogens with zero attached hydrogens (tertiary/aromatic N) is 1. The van der Waals surface area contributed by atoms with Crippen molar-refractivity contribution in [2.45, 2.75) is 26.9 Å². The molecule has 33 heavy (non-hydrogen) atoms. The van der Waals surface area contributed by atoms with E-state index >= 15 is 0 Å². The number of carbonyl (C=O) groups excluding carboxylic acids is 3. The number of aryl methyl sites for hydroxylation is 2. The highest BCUT2D eigenvalue weighted by atomic mass is 16.5. The lowest BCUT2D eigenvalue weighted by molar-refractivity contribution is -0.122. The van der Waals surface area contributed by atoms with Crippen molar-refractivity contribution in [2.75, 3.05) is 4.90 Å². The molecule has 0 bridgehead atoms. The third-order valence-electron chi connectivity index (χ3n) is 5.40. The first-order valence-electron chi connectivity index (χ1n) is 10.7. The fourth-order valence-corrected chi connectivity index (χ4v) is 3.62. The molecule has 0 spiro atoms. The Balaban J connectivity index is 1.62. The highest BCUT2D eigenvalue weighted by Crippen LogP contribution is 2.26. The van der Waals surface area contributed by atoms with E-state index < -0.39 is 17.8 Å². The molecular weight excluding hydrogens is 416 g/mol. The summed E-state index contributed by atoms with van der Waals surface area (Å²) in [5.41, 5.74) is 4.05. The van der Waals surface area contributed by atoms with Gasteiger partial charge in [0.25, 0.3) is 11.8 Å². The van der Waals surface area contributed by atoms with E-state index in [9.17, 15) is 14.4 Å². The highest BCUT2D eigenvalue weighted by molar-refractivity contribution is 6.39. The average molecular weight is 440 g/mol. The maximum atomic E-state index is 13.2. The first-order valence-corrected chi connectivity index (χ1v) is 10.7. The van der Waals surface area contributed by atoms with Gasteiger partial charge in [0.1, 0.15) is 17.9 Å². The molecule has 1 aliphatic rings. The van der Waals surface area contributed by atoms with Crippen LogP contribution in [0.1, 0.15) is 29.2 Å². The number of amides is 4. The first kappa shape index (κ1) is 22.0. The second kappa shape index (κ2) is 9.53. The topological polar surface area (TPSA) is 75.7 Å². The van der Waals surface area contributed by atoms with Gasteiger partial charge < -0.3 is 4.74 Å². The Morgan fingerprint density at radius 2 is 1.67 bits per heavy atom. The molecule has 4 amide bonds. The number of ether oxygens (including phenoxy) is 1. The molecule has 4 rings (SSSR count). The molecule has 166 valence electrons. The van der Waals surface area contributed by atoms with Crippen molar-refractivity contribution < 1.29 is 19.1 Å². The van der Waals surface area contributed by atoms with Gasteiger partial charge in [0.2, 0.25) is 0 Å². The molecule has 1 N–H and O–H groups in total. The number of hydrogen-bond donors (Lipinski definition) is 1. The van der Waals surface area contributed by atoms with Gasteiger partial charge in [0.05, 0.1) is 5.69 Å². The minimum atomic E-state index is -0.768. The summed E-state index contributed by atoms with van der Waals surface area (Å²) < 4.78 is 5.98. The molecule has 0 aliphatic carbocycles. The highest BCUT2D eigenvalue weighted by Gasteiger charge is 2.36. The molecule has 6 nitrogen and oxygen atoms in total. The largest absolute Gasteiger partial charge is 0.488 e. The summed E-state index contributed by atoms with van der Waals surface area (Å²) in [6.07, 6.45) is 2.30. The second-order valence-electron chi connectivity index (χ2n) is 7.79. The van der Waals surface area contributed by atoms with Crippen LogP contribution in [0.4, 0.5) is 10.5 Å². The molecule has 0 aromatic heterocycles. The van der Waals surface area contributed by atoms with Crippen LogP contribution in [0.5, 0.6) is 5.75 Å². The smallest absolute Gasteiger partial charge is 0.335 e. The van der Waals surface area contributed by atoms with E-state index in [2.05, 4.69) is 5.32 Å². The molecule has 6 heteroatoms. The lowest BCUT2D eigenvalue weighted by Crippen LogP contribution is -2.54. The number of anilines is 1. The van der Waals surface area contributed by atoms with E-state index in [-0.39, 0.29) is 5.57 Å². The second-order valence-corrected chi connectivity index (χ2v) is 7.79. The van der Waals surface area contributed by atoms with Gasteiger partial charge in [-0.05, 0) is 48.7 Å². The van der Waals surface area contributed by atoms with E-state index in [0.29, 0.717) is 23.6 Å². The maximum Gasteiger partial charge on any atom is 0.335 e. The third kappa shape index (κ3) is 4.85. The Hall–Kier alpha value is -4.19. The number of nitrogens with one attached hydrogen (secondary N) is 1. The van der Waals surface area contributed by atoms with Gasteiger partial charge in [0.15, 0.2) is 0 Å². The lowest BCUT2D eigenvalue weighted by Gasteiger charge is -2.26. The van der Waals surface area contributed by atoms with E-state index in [1.165, 1.54) is 6.08 Å². The van der Waals surface area contributed by atoms with Crippen LogP contribution in [-0.2, 0) is 22.6 Å². The molecular formula is C27H24N2O4. The number of barbiturate groups is 1. The maximum absolute atomic E-state index is 13.2. The van der Waals surface area contributed by atoms with Crippen molar-refractivity contribution in [3.05, 3.63) is 101 Å². The van der Waals surface area contributed by atoms with Crippen molar-refractivity contribution in [3.63, 3.8) is 0 Å². The molecule has 3 aromatic carbocycles. The monoisotopic (exact) mass is 440 g/mol. The SMILES string of the molecule is CCc1ccc(N2C(=O)NC(=O)/C(=C/c3ccccc3OCc3cccc(C)c3)C2=O)cc1. The Morgan fingerprint density at radius 1 is 0.909 bits per heavy atom. The standard InChI is InChI=1S/C27H24N2O4/c1-3-19-11-13-22(14-12-19)29-26(31)23(25(30)28-27(29)32)16-21-9-4-5-10-24(21)33-17-20-8-6-7-18(2)15-20/h4-16H,3,17H2,1-2H3,(H,28,30,32)/b23-16-. The molecule has 1 aliphatic heterocycles. The normalized spacial score (nSPS) is 15.0. The summed E-state index contributed by atoms with van der Waals surface area (Å²) in [6.45, 7) is 4.38. The van der Waals surface area contributed by atoms with Crippen LogP contribution in [-0.4, -0.2) is 17.8 Å². The molecule has 1 fully saturated rings. The lowest BCUT2D eigenvalue weighted by atomic mass is 10.1. The molecule has 0 saturated carbocycles. The van der Waals surface area contributed by atoms with E-state index in [4.69, 9.17) is 4.74 Å². The van der Waals surface area contributed by atoms with E-state index in [1.54, 1.807) is 30.3 Å². The number of imide groups is 2. The Morgan fingerprint density at radius 3 is 2.39 bits per heavy atom. The molecule has 1 saturated heterocycles. The molecule has 0 radical (unpaired) electrons. The summed E-state index contributed by atoms with van der Waals surface area (Å²) in [5.74, 6) is -0.885. The van der Waals surface area contributed by atoms with E-state index in [0.717, 1.165) is 28.0 Å². The number of carbonyl (C=O) groups is 3. The number of urea groups is 1. The minimum Gasteiger partial charge on any atom is -0.488 e. The summed E-state index contributed by atoms with van der Waals surface area (Å²) in [4.78, 5) is 39.1. The summed E-state index contributed by atoms with van der Waals surface area (Å²) in [7, 11) is 0. The van der Waals surface area contributed by atoms with Gasteiger partial charge in [-0.25, -0.2) is 9.69 Å². The predicted octanol–water partition coefficient (Wildman–Crippen LogP) is 4.80. The predicted molar refractivity (Wildman–Crippen MR) is 127 cm³/mol. The molecule has 0 unspecified atom stereocenters. The Labute approximate surface area is 192 Å². The molecule has 1 heterocycles. The van der Waals surface area contributed by atoms with Crippen molar-refractivity contribution in [3.8, 4) is 5.75 Å². The van der Waals surface area contributed by atoms with Gasteiger partial charge in [0, 0.05) is 5.56 Å². The first-order chi connectivity index (χ1) is 16.0. The van der Waals surface area contributed by atoms with Crippen molar-refractivity contribution in [1.82, 2.24) is 5.32 Å². The number of hydrogen-bond acceptors (Lipinski definition) is 4. The van der Waals surface area contributed by atoms with Crippen molar-refractivity contribution >= 4 is 29.6 Å². The number of para-hydroxylation sites is 1. The average Bonchev–Trinajstić information content (AvgIpc) is 2.81. The van der Waals surface area contributed by atoms with Gasteiger partial charge in [-0.3, -0.25) is 14.9 Å². The van der Waals surface area contributed by atoms with Crippen LogP contribution >= 0.6 is 0 Å². The molecule has 0 atom stereocenters. The van der Waals surface area contributed by atoms with Crippen LogP contribution in [0.2, 0.25) is 0 Å². The van der Waals surface area contributed by atoms with E-state index in [1.807, 2.05) is 56.3 Å². The zero-order valence-electron chi connectivity index (χ0n) is 18.5. The summed E-state index contributed by atoms with van der Waals surface area (Å²) in [5, 5.41) is 2.26. The van der Waals surface area contributed by atoms with Gasteiger partial charge in [-0.2, -0.15) is 0 Å². The number of benzene rings is 3. The third-order valence-corrected chi connectivity index (χ3v) is 5.40. The quantitative estimate of drug-likeness (QED) is 0.441. The molecule has 3 aromatic rings. The van der Waals surface area contributed by atoms with Gasteiger partial charge in [-0.15, -0.1) is 0 Å². The zero-order valence-corrected chi connectivity index (χ0v) is 18.5. The van der Waals surface area contributed by atoms with Crippen LogP contribution in [0.15, 0.2) is 78.4 Å². The fraction of sp³-hybridized carbons (Fsp3) is 0.148.